The largest absolute Gasteiger partial charge is 0.495 e. The van der Waals surface area contributed by atoms with Crippen molar-refractivity contribution in [3.8, 4) is 17.6 Å². The molecule has 1 amide bonds. The first-order chi connectivity index (χ1) is 8.13. The fraction of sp³-hybridized carbons (Fsp3) is 0.308. The highest BCUT2D eigenvalue weighted by molar-refractivity contribution is 6.30. The fourth-order valence-electron chi connectivity index (χ4n) is 1.23. The van der Waals surface area contributed by atoms with Crippen LogP contribution in [0.15, 0.2) is 18.2 Å². The molecule has 0 radical (unpaired) electrons. The van der Waals surface area contributed by atoms with Crippen molar-refractivity contribution in [1.29, 1.82) is 0 Å². The van der Waals surface area contributed by atoms with E-state index in [1.165, 1.54) is 6.92 Å². The zero-order chi connectivity index (χ0) is 12.7. The number of methoxy groups -OCH3 is 1. The van der Waals surface area contributed by atoms with Crippen LogP contribution >= 0.6 is 11.6 Å². The Balaban J connectivity index is 2.62. The molecule has 3 nitrogen and oxygen atoms in total. The van der Waals surface area contributed by atoms with Gasteiger partial charge in [-0.15, -0.1) is 0 Å². The first-order valence-corrected chi connectivity index (χ1v) is 5.58. The zero-order valence-corrected chi connectivity index (χ0v) is 10.6. The second kappa shape index (κ2) is 6.82. The van der Waals surface area contributed by atoms with E-state index in [0.717, 1.165) is 5.56 Å². The van der Waals surface area contributed by atoms with E-state index >= 15 is 0 Å². The van der Waals surface area contributed by atoms with Gasteiger partial charge in [-0.2, -0.15) is 0 Å². The molecule has 1 rings (SSSR count). The van der Waals surface area contributed by atoms with Crippen LogP contribution in [0.3, 0.4) is 0 Å². The average Bonchev–Trinajstić information content (AvgIpc) is 2.29. The van der Waals surface area contributed by atoms with Gasteiger partial charge in [0.25, 0.3) is 0 Å². The molecule has 0 bridgehead atoms. The summed E-state index contributed by atoms with van der Waals surface area (Å²) in [5.74, 6) is 6.56. The standard InChI is InChI=1S/C13H14ClNO2/c1-10(16)15-8-4-3-5-11-6-7-12(14)9-13(11)17-2/h6-7,9H,4,8H2,1-2H3,(H,15,16). The molecule has 0 unspecified atom stereocenters. The summed E-state index contributed by atoms with van der Waals surface area (Å²) in [5.41, 5.74) is 0.791. The van der Waals surface area contributed by atoms with Gasteiger partial charge >= 0.3 is 0 Å². The molecule has 0 aliphatic heterocycles. The number of hydrogen-bond donors (Lipinski definition) is 1. The number of ether oxygens (including phenoxy) is 1. The van der Waals surface area contributed by atoms with Crippen LogP contribution in [-0.2, 0) is 4.79 Å². The van der Waals surface area contributed by atoms with Gasteiger partial charge in [0.05, 0.1) is 12.7 Å². The Bertz CT molecular complexity index is 460. The minimum absolute atomic E-state index is 0.0455. The molecule has 4 heteroatoms. The minimum Gasteiger partial charge on any atom is -0.495 e. The number of rotatable bonds is 3. The number of carbonyl (C=O) groups excluding carboxylic acids is 1. The molecule has 0 aliphatic rings. The Morgan fingerprint density at radius 2 is 2.29 bits per heavy atom. The van der Waals surface area contributed by atoms with Gasteiger partial charge in [-0.25, -0.2) is 0 Å². The second-order valence-electron chi connectivity index (χ2n) is 3.38. The Hall–Kier alpha value is -1.66. The second-order valence-corrected chi connectivity index (χ2v) is 3.82. The van der Waals surface area contributed by atoms with Crippen molar-refractivity contribution >= 4 is 17.5 Å². The molecule has 0 aromatic heterocycles. The molecule has 0 fully saturated rings. The van der Waals surface area contributed by atoms with Crippen molar-refractivity contribution in [2.24, 2.45) is 0 Å². The molecule has 1 aromatic rings. The van der Waals surface area contributed by atoms with Gasteiger partial charge in [-0.05, 0) is 12.1 Å². The summed E-state index contributed by atoms with van der Waals surface area (Å²) in [4.78, 5) is 10.6. The van der Waals surface area contributed by atoms with Crippen molar-refractivity contribution < 1.29 is 9.53 Å². The zero-order valence-electron chi connectivity index (χ0n) is 9.84. The Kier molecular flexibility index (Phi) is 5.38. The van der Waals surface area contributed by atoms with E-state index in [-0.39, 0.29) is 5.91 Å². The molecule has 0 saturated carbocycles. The first kappa shape index (κ1) is 13.4. The lowest BCUT2D eigenvalue weighted by Crippen LogP contribution is -2.20. The maximum atomic E-state index is 10.6. The van der Waals surface area contributed by atoms with E-state index < -0.39 is 0 Å². The molecule has 17 heavy (non-hydrogen) atoms. The van der Waals surface area contributed by atoms with Gasteiger partial charge in [0.2, 0.25) is 5.91 Å². The minimum atomic E-state index is -0.0455. The van der Waals surface area contributed by atoms with E-state index in [1.807, 2.05) is 6.07 Å². The number of carbonyl (C=O) groups is 1. The van der Waals surface area contributed by atoms with Crippen LogP contribution in [-0.4, -0.2) is 19.6 Å². The smallest absolute Gasteiger partial charge is 0.216 e. The third-order valence-corrected chi connectivity index (χ3v) is 2.25. The van der Waals surface area contributed by atoms with Crippen molar-refractivity contribution in [3.63, 3.8) is 0 Å². The van der Waals surface area contributed by atoms with Crippen LogP contribution in [0.5, 0.6) is 5.75 Å². The third kappa shape index (κ3) is 4.80. The normalized spacial score (nSPS) is 9.12. The molecule has 0 aliphatic carbocycles. The summed E-state index contributed by atoms with van der Waals surface area (Å²) in [7, 11) is 1.58. The molecule has 0 heterocycles. The summed E-state index contributed by atoms with van der Waals surface area (Å²) in [6.07, 6.45) is 0.603. The summed E-state index contributed by atoms with van der Waals surface area (Å²) in [6.45, 7) is 2.04. The van der Waals surface area contributed by atoms with Gasteiger partial charge in [0.1, 0.15) is 5.75 Å². The Labute approximate surface area is 106 Å². The number of amides is 1. The van der Waals surface area contributed by atoms with Gasteiger partial charge in [-0.1, -0.05) is 23.4 Å². The molecule has 0 saturated heterocycles. The summed E-state index contributed by atoms with van der Waals surface area (Å²) >= 11 is 5.84. The molecular formula is C13H14ClNO2. The number of hydrogen-bond acceptors (Lipinski definition) is 2. The maximum Gasteiger partial charge on any atom is 0.216 e. The Morgan fingerprint density at radius 3 is 2.94 bits per heavy atom. The van der Waals surface area contributed by atoms with Crippen LogP contribution in [0.25, 0.3) is 0 Å². The number of benzene rings is 1. The highest BCUT2D eigenvalue weighted by atomic mass is 35.5. The van der Waals surface area contributed by atoms with Crippen LogP contribution in [0.1, 0.15) is 18.9 Å². The average molecular weight is 252 g/mol. The highest BCUT2D eigenvalue weighted by Gasteiger charge is 1.99. The van der Waals surface area contributed by atoms with Crippen LogP contribution in [0, 0.1) is 11.8 Å². The van der Waals surface area contributed by atoms with Crippen LogP contribution in [0.2, 0.25) is 5.02 Å². The highest BCUT2D eigenvalue weighted by Crippen LogP contribution is 2.21. The van der Waals surface area contributed by atoms with Gasteiger partial charge in [0.15, 0.2) is 0 Å². The molecule has 0 spiro atoms. The number of nitrogens with one attached hydrogen (secondary N) is 1. The maximum absolute atomic E-state index is 10.6. The topological polar surface area (TPSA) is 38.3 Å². The molecular weight excluding hydrogens is 238 g/mol. The molecule has 1 N–H and O–H groups in total. The lowest BCUT2D eigenvalue weighted by molar-refractivity contribution is -0.118. The van der Waals surface area contributed by atoms with Crippen molar-refractivity contribution in [2.45, 2.75) is 13.3 Å². The summed E-state index contributed by atoms with van der Waals surface area (Å²) in [5, 5.41) is 3.29. The monoisotopic (exact) mass is 251 g/mol. The summed E-state index contributed by atoms with van der Waals surface area (Å²) < 4.78 is 5.16. The SMILES string of the molecule is COc1cc(Cl)ccc1C#CCCNC(C)=O. The van der Waals surface area contributed by atoms with Gasteiger partial charge in [0, 0.05) is 31.0 Å². The molecule has 90 valence electrons. The lowest BCUT2D eigenvalue weighted by atomic mass is 10.2. The van der Waals surface area contributed by atoms with E-state index in [0.29, 0.717) is 23.7 Å². The van der Waals surface area contributed by atoms with Crippen LogP contribution < -0.4 is 10.1 Å². The Morgan fingerprint density at radius 1 is 1.53 bits per heavy atom. The third-order valence-electron chi connectivity index (χ3n) is 2.01. The number of halogens is 1. The van der Waals surface area contributed by atoms with Crippen molar-refractivity contribution in [2.75, 3.05) is 13.7 Å². The van der Waals surface area contributed by atoms with E-state index in [2.05, 4.69) is 17.2 Å². The van der Waals surface area contributed by atoms with Gasteiger partial charge < -0.3 is 10.1 Å². The van der Waals surface area contributed by atoms with E-state index in [1.54, 1.807) is 19.2 Å². The first-order valence-electron chi connectivity index (χ1n) is 5.20. The quantitative estimate of drug-likeness (QED) is 0.661. The van der Waals surface area contributed by atoms with E-state index in [9.17, 15) is 4.79 Å². The fourth-order valence-corrected chi connectivity index (χ4v) is 1.39. The van der Waals surface area contributed by atoms with Gasteiger partial charge in [-0.3, -0.25) is 4.79 Å². The van der Waals surface area contributed by atoms with Crippen molar-refractivity contribution in [3.05, 3.63) is 28.8 Å². The van der Waals surface area contributed by atoms with Crippen LogP contribution in [0.4, 0.5) is 0 Å². The lowest BCUT2D eigenvalue weighted by Gasteiger charge is -2.02. The van der Waals surface area contributed by atoms with Crippen molar-refractivity contribution in [1.82, 2.24) is 5.32 Å². The predicted molar refractivity (Wildman–Crippen MR) is 68.2 cm³/mol. The predicted octanol–water partition coefficient (Wildman–Crippen LogP) is 2.23. The summed E-state index contributed by atoms with van der Waals surface area (Å²) in [6, 6.07) is 5.30. The van der Waals surface area contributed by atoms with E-state index in [4.69, 9.17) is 16.3 Å². The molecule has 1 aromatic carbocycles. The molecule has 0 atom stereocenters.